The zero-order chi connectivity index (χ0) is 18.3. The van der Waals surface area contributed by atoms with Gasteiger partial charge in [-0.25, -0.2) is 14.6 Å². The topological polar surface area (TPSA) is 98.4 Å². The molecule has 1 N–H and O–H groups in total. The predicted octanol–water partition coefficient (Wildman–Crippen LogP) is 2.41. The fourth-order valence-corrected chi connectivity index (χ4v) is 1.82. The Labute approximate surface area is 147 Å². The van der Waals surface area contributed by atoms with Crippen molar-refractivity contribution in [1.82, 2.24) is 9.97 Å². The van der Waals surface area contributed by atoms with Gasteiger partial charge in [-0.3, -0.25) is 4.79 Å². The molecule has 2 rings (SSSR count). The lowest BCUT2D eigenvalue weighted by atomic mass is 10.3. The molecule has 7 nitrogen and oxygen atoms in total. The van der Waals surface area contributed by atoms with Gasteiger partial charge in [0.2, 0.25) is 0 Å². The number of halogens is 1. The highest BCUT2D eigenvalue weighted by Gasteiger charge is 2.07. The Kier molecular flexibility index (Phi) is 7.31. The van der Waals surface area contributed by atoms with Crippen molar-refractivity contribution < 1.29 is 19.1 Å². The van der Waals surface area contributed by atoms with Crippen molar-refractivity contribution in [2.24, 2.45) is 0 Å². The molecule has 0 aromatic carbocycles. The van der Waals surface area contributed by atoms with E-state index < -0.39 is 11.9 Å². The zero-order valence-corrected chi connectivity index (χ0v) is 15.3. The van der Waals surface area contributed by atoms with Gasteiger partial charge in [-0.15, -0.1) is 0 Å². The molecule has 0 saturated carbocycles. The minimum Gasteiger partial charge on any atom is -0.464 e. The van der Waals surface area contributed by atoms with Crippen LogP contribution in [-0.2, 0) is 9.47 Å². The minimum absolute atomic E-state index is 0.174. The molecule has 0 fully saturated rings. The number of hydrogen-bond donors (Lipinski definition) is 1. The van der Waals surface area contributed by atoms with Gasteiger partial charge in [-0.2, -0.15) is 0 Å². The third kappa shape index (κ3) is 5.31. The van der Waals surface area contributed by atoms with Crippen LogP contribution in [0, 0.1) is 13.8 Å². The normalized spacial score (nSPS) is 9.54. The molecule has 24 heavy (non-hydrogen) atoms. The average molecular weight is 397 g/mol. The van der Waals surface area contributed by atoms with Gasteiger partial charge in [-0.05, 0) is 47.5 Å². The number of carbonyl (C=O) groups excluding carboxylic acids is 2. The SMILES string of the molecule is COC(=O)c1ccc(C)c(=O)[nH]1.COC(=O)c1ccc(C)c(Br)n1. The van der Waals surface area contributed by atoms with Crippen molar-refractivity contribution >= 4 is 27.9 Å². The maximum absolute atomic E-state index is 11.0. The smallest absolute Gasteiger partial charge is 0.356 e. The van der Waals surface area contributed by atoms with Gasteiger partial charge in [-0.1, -0.05) is 12.1 Å². The van der Waals surface area contributed by atoms with E-state index in [1.165, 1.54) is 20.3 Å². The highest BCUT2D eigenvalue weighted by molar-refractivity contribution is 9.10. The first-order chi connectivity index (χ1) is 11.3. The monoisotopic (exact) mass is 396 g/mol. The average Bonchev–Trinajstić information content (AvgIpc) is 2.58. The number of hydrogen-bond acceptors (Lipinski definition) is 6. The van der Waals surface area contributed by atoms with Gasteiger partial charge in [0, 0.05) is 5.56 Å². The van der Waals surface area contributed by atoms with E-state index in [-0.39, 0.29) is 11.3 Å². The third-order valence-corrected chi connectivity index (χ3v) is 3.74. The lowest BCUT2D eigenvalue weighted by Gasteiger charge is -2.00. The van der Waals surface area contributed by atoms with Crippen molar-refractivity contribution in [3.05, 3.63) is 61.7 Å². The number of rotatable bonds is 2. The number of pyridine rings is 2. The van der Waals surface area contributed by atoms with Crippen LogP contribution in [0.1, 0.15) is 32.1 Å². The van der Waals surface area contributed by atoms with Crippen LogP contribution in [0.25, 0.3) is 0 Å². The van der Waals surface area contributed by atoms with E-state index >= 15 is 0 Å². The first-order valence-corrected chi connectivity index (χ1v) is 7.59. The molecule has 0 aliphatic rings. The van der Waals surface area contributed by atoms with Gasteiger partial charge in [0.1, 0.15) is 16.0 Å². The Morgan fingerprint density at radius 1 is 1.00 bits per heavy atom. The molecule has 0 atom stereocenters. The van der Waals surface area contributed by atoms with Gasteiger partial charge >= 0.3 is 11.9 Å². The molecule has 2 heterocycles. The Morgan fingerprint density at radius 2 is 1.58 bits per heavy atom. The quantitative estimate of drug-likeness (QED) is 0.617. The molecule has 2 aromatic heterocycles. The highest BCUT2D eigenvalue weighted by atomic mass is 79.9. The largest absolute Gasteiger partial charge is 0.464 e. The summed E-state index contributed by atoms with van der Waals surface area (Å²) in [6.45, 7) is 3.57. The van der Waals surface area contributed by atoms with E-state index in [1.807, 2.05) is 13.0 Å². The number of H-pyrrole nitrogens is 1. The van der Waals surface area contributed by atoms with E-state index in [1.54, 1.807) is 19.1 Å². The van der Waals surface area contributed by atoms with Crippen LogP contribution in [0.3, 0.4) is 0 Å². The molecule has 0 aliphatic heterocycles. The van der Waals surface area contributed by atoms with Crippen molar-refractivity contribution in [2.45, 2.75) is 13.8 Å². The van der Waals surface area contributed by atoms with Gasteiger partial charge < -0.3 is 14.5 Å². The summed E-state index contributed by atoms with van der Waals surface area (Å²) in [7, 11) is 2.60. The number of esters is 2. The molecular weight excluding hydrogens is 380 g/mol. The van der Waals surface area contributed by atoms with Gasteiger partial charge in [0.05, 0.1) is 14.2 Å². The number of aromatic nitrogens is 2. The maximum Gasteiger partial charge on any atom is 0.356 e. The van der Waals surface area contributed by atoms with E-state index in [9.17, 15) is 14.4 Å². The predicted molar refractivity (Wildman–Crippen MR) is 91.2 cm³/mol. The van der Waals surface area contributed by atoms with Crippen LogP contribution in [-0.4, -0.2) is 36.1 Å². The zero-order valence-electron chi connectivity index (χ0n) is 13.7. The second-order valence-corrected chi connectivity index (χ2v) is 5.42. The third-order valence-electron chi connectivity index (χ3n) is 2.94. The lowest BCUT2D eigenvalue weighted by molar-refractivity contribution is 0.0585. The van der Waals surface area contributed by atoms with Crippen molar-refractivity contribution in [3.8, 4) is 0 Å². The van der Waals surface area contributed by atoms with Crippen LogP contribution >= 0.6 is 15.9 Å². The van der Waals surface area contributed by atoms with Crippen LogP contribution in [0.2, 0.25) is 0 Å². The van der Waals surface area contributed by atoms with Gasteiger partial charge in [0.25, 0.3) is 5.56 Å². The van der Waals surface area contributed by atoms with Crippen LogP contribution in [0.5, 0.6) is 0 Å². The summed E-state index contributed by atoms with van der Waals surface area (Å²) >= 11 is 3.22. The van der Waals surface area contributed by atoms with E-state index in [4.69, 9.17) is 0 Å². The van der Waals surface area contributed by atoms with Crippen molar-refractivity contribution in [1.29, 1.82) is 0 Å². The van der Waals surface area contributed by atoms with Crippen molar-refractivity contribution in [3.63, 3.8) is 0 Å². The Morgan fingerprint density at radius 3 is 2.08 bits per heavy atom. The maximum atomic E-state index is 11.0. The van der Waals surface area contributed by atoms with E-state index in [2.05, 4.69) is 35.4 Å². The Balaban J connectivity index is 0.000000240. The molecule has 128 valence electrons. The molecule has 0 unspecified atom stereocenters. The molecule has 0 bridgehead atoms. The molecule has 2 aromatic rings. The summed E-state index contributed by atoms with van der Waals surface area (Å²) in [4.78, 5) is 39.2. The molecule has 8 heteroatoms. The summed E-state index contributed by atoms with van der Waals surface area (Å²) in [6, 6.07) is 6.53. The number of methoxy groups -OCH3 is 2. The van der Waals surface area contributed by atoms with E-state index in [0.717, 1.165) is 5.56 Å². The molecule has 0 aliphatic carbocycles. The molecular formula is C16H17BrN2O5. The summed E-state index contributed by atoms with van der Waals surface area (Å²) in [6.07, 6.45) is 0. The van der Waals surface area contributed by atoms with Crippen LogP contribution in [0.4, 0.5) is 0 Å². The summed E-state index contributed by atoms with van der Waals surface area (Å²) in [5, 5.41) is 0. The first kappa shape index (κ1) is 19.6. The summed E-state index contributed by atoms with van der Waals surface area (Å²) < 4.78 is 9.60. The van der Waals surface area contributed by atoms with Crippen LogP contribution in [0.15, 0.2) is 33.7 Å². The molecule has 0 spiro atoms. The van der Waals surface area contributed by atoms with Crippen molar-refractivity contribution in [2.75, 3.05) is 14.2 Å². The molecule has 0 radical (unpaired) electrons. The number of nitrogens with zero attached hydrogens (tertiary/aromatic N) is 1. The molecule has 0 amide bonds. The lowest BCUT2D eigenvalue weighted by Crippen LogP contribution is -2.15. The first-order valence-electron chi connectivity index (χ1n) is 6.79. The Hall–Kier alpha value is -2.48. The second-order valence-electron chi connectivity index (χ2n) is 4.67. The molecule has 0 saturated heterocycles. The summed E-state index contributed by atoms with van der Waals surface area (Å²) in [5.74, 6) is -0.956. The fraction of sp³-hybridized carbons (Fsp3) is 0.250. The standard InChI is InChI=1S/C8H8BrNO2.C8H9NO3/c1-5-3-4-6(8(11)12-2)10-7(5)9;1-5-3-4-6(8(11)12-2)9-7(5)10/h3-4H,1-2H3;3-4H,1-2H3,(H,9,10). The number of nitrogens with one attached hydrogen (secondary N) is 1. The highest BCUT2D eigenvalue weighted by Crippen LogP contribution is 2.13. The number of aromatic amines is 1. The minimum atomic E-state index is -0.535. The Bertz CT molecular complexity index is 801. The second kappa shape index (κ2) is 8.97. The number of ether oxygens (including phenoxy) is 2. The van der Waals surface area contributed by atoms with Crippen LogP contribution < -0.4 is 5.56 Å². The fourth-order valence-electron chi connectivity index (χ4n) is 1.50. The van der Waals surface area contributed by atoms with Gasteiger partial charge in [0.15, 0.2) is 0 Å². The number of carbonyl (C=O) groups is 2. The summed E-state index contributed by atoms with van der Waals surface area (Å²) in [5.41, 5.74) is 1.78. The van der Waals surface area contributed by atoms with E-state index in [0.29, 0.717) is 15.9 Å². The number of aryl methyl sites for hydroxylation is 2.